The summed E-state index contributed by atoms with van der Waals surface area (Å²) in [5.41, 5.74) is 0.842. The Balaban J connectivity index is 2.00. The van der Waals surface area contributed by atoms with Gasteiger partial charge in [-0.2, -0.15) is 0 Å². The lowest BCUT2D eigenvalue weighted by atomic mass is 10.1. The van der Waals surface area contributed by atoms with Gasteiger partial charge in [0.15, 0.2) is 11.5 Å². The van der Waals surface area contributed by atoms with Gasteiger partial charge in [-0.1, -0.05) is 0 Å². The first-order chi connectivity index (χ1) is 12.1. The number of hydrogen-bond donors (Lipinski definition) is 0. The molecule has 0 radical (unpaired) electrons. The molecule has 1 aliphatic heterocycles. The van der Waals surface area contributed by atoms with Gasteiger partial charge in [0.05, 0.1) is 27.8 Å². The second-order valence-corrected chi connectivity index (χ2v) is 5.89. The highest BCUT2D eigenvalue weighted by atomic mass is 16.5. The summed E-state index contributed by atoms with van der Waals surface area (Å²) in [6.45, 7) is 4.08. The van der Waals surface area contributed by atoms with E-state index in [2.05, 4.69) is 10.8 Å². The molecule has 1 saturated heterocycles. The molecule has 0 bridgehead atoms. The van der Waals surface area contributed by atoms with Crippen molar-refractivity contribution in [2.45, 2.75) is 12.8 Å². The van der Waals surface area contributed by atoms with Crippen LogP contribution in [0, 0.1) is 12.3 Å². The summed E-state index contributed by atoms with van der Waals surface area (Å²) < 4.78 is 16.0. The molecule has 6 heteroatoms. The van der Waals surface area contributed by atoms with Gasteiger partial charge in [-0.05, 0) is 17.7 Å². The van der Waals surface area contributed by atoms with E-state index in [1.807, 2.05) is 17.0 Å². The van der Waals surface area contributed by atoms with Crippen LogP contribution < -0.4 is 14.2 Å². The highest BCUT2D eigenvalue weighted by Crippen LogP contribution is 2.38. The quantitative estimate of drug-likeness (QED) is 0.699. The Labute approximate surface area is 149 Å². The topological polar surface area (TPSA) is 51.2 Å². The van der Waals surface area contributed by atoms with Gasteiger partial charge in [-0.25, -0.2) is 0 Å². The van der Waals surface area contributed by atoms with Crippen molar-refractivity contribution in [3.8, 4) is 29.6 Å². The Morgan fingerprint density at radius 3 is 2.16 bits per heavy atom. The summed E-state index contributed by atoms with van der Waals surface area (Å²) in [4.78, 5) is 16.8. The third-order valence-electron chi connectivity index (χ3n) is 4.38. The summed E-state index contributed by atoms with van der Waals surface area (Å²) in [5.74, 6) is 4.41. The lowest BCUT2D eigenvalue weighted by molar-refractivity contribution is -0.132. The minimum absolute atomic E-state index is 0.103. The number of methoxy groups -OCH3 is 3. The summed E-state index contributed by atoms with van der Waals surface area (Å²) >= 11 is 0. The maximum absolute atomic E-state index is 12.6. The maximum atomic E-state index is 12.6. The summed E-state index contributed by atoms with van der Waals surface area (Å²) in [7, 11) is 4.70. The van der Waals surface area contributed by atoms with Crippen molar-refractivity contribution in [3.05, 3.63) is 17.7 Å². The van der Waals surface area contributed by atoms with E-state index in [1.54, 1.807) is 21.3 Å². The number of carbonyl (C=O) groups excluding carboxylic acids is 1. The molecule has 0 unspecified atom stereocenters. The summed E-state index contributed by atoms with van der Waals surface area (Å²) in [6.07, 6.45) is 6.36. The number of rotatable bonds is 7. The van der Waals surface area contributed by atoms with Gasteiger partial charge in [0, 0.05) is 39.1 Å². The van der Waals surface area contributed by atoms with Crippen molar-refractivity contribution < 1.29 is 19.0 Å². The number of nitrogens with zero attached hydrogens (tertiary/aromatic N) is 2. The predicted molar refractivity (Wildman–Crippen MR) is 96.3 cm³/mol. The molecule has 1 aromatic rings. The van der Waals surface area contributed by atoms with Crippen LogP contribution in [0.2, 0.25) is 0 Å². The van der Waals surface area contributed by atoms with Crippen molar-refractivity contribution in [2.75, 3.05) is 54.1 Å². The first-order valence-corrected chi connectivity index (χ1v) is 8.35. The van der Waals surface area contributed by atoms with Gasteiger partial charge >= 0.3 is 0 Å². The number of amides is 1. The highest BCUT2D eigenvalue weighted by Gasteiger charge is 2.22. The highest BCUT2D eigenvalue weighted by molar-refractivity contribution is 5.79. The van der Waals surface area contributed by atoms with Crippen LogP contribution in [0.1, 0.15) is 12.0 Å². The lowest BCUT2D eigenvalue weighted by Gasteiger charge is -2.34. The van der Waals surface area contributed by atoms with Gasteiger partial charge < -0.3 is 19.1 Å². The fourth-order valence-corrected chi connectivity index (χ4v) is 2.97. The predicted octanol–water partition coefficient (Wildman–Crippen LogP) is 1.42. The van der Waals surface area contributed by atoms with Crippen LogP contribution in [-0.2, 0) is 11.2 Å². The Morgan fingerprint density at radius 1 is 1.08 bits per heavy atom. The smallest absolute Gasteiger partial charge is 0.227 e. The molecule has 1 heterocycles. The first kappa shape index (κ1) is 18.9. The first-order valence-electron chi connectivity index (χ1n) is 8.35. The van der Waals surface area contributed by atoms with Crippen LogP contribution in [0.15, 0.2) is 12.1 Å². The molecular formula is C19H26N2O4. The third kappa shape index (κ3) is 4.80. The van der Waals surface area contributed by atoms with E-state index in [0.717, 1.165) is 44.7 Å². The second kappa shape index (κ2) is 9.19. The van der Waals surface area contributed by atoms with Crippen molar-refractivity contribution in [1.29, 1.82) is 0 Å². The zero-order chi connectivity index (χ0) is 18.2. The molecular weight excluding hydrogens is 320 g/mol. The van der Waals surface area contributed by atoms with E-state index >= 15 is 0 Å². The minimum atomic E-state index is 0.103. The van der Waals surface area contributed by atoms with E-state index in [9.17, 15) is 4.79 Å². The Bertz CT molecular complexity index is 606. The van der Waals surface area contributed by atoms with E-state index in [-0.39, 0.29) is 5.91 Å². The second-order valence-electron chi connectivity index (χ2n) is 5.89. The van der Waals surface area contributed by atoms with E-state index in [4.69, 9.17) is 20.6 Å². The molecule has 1 aromatic carbocycles. The van der Waals surface area contributed by atoms with Crippen LogP contribution in [0.5, 0.6) is 17.2 Å². The molecule has 1 amide bonds. The standard InChI is InChI=1S/C19H26N2O4/c1-5-6-7-20-8-10-21(11-9-20)18(22)14-15-12-16(23-2)19(25-4)17(13-15)24-3/h1,12-13H,6-11,14H2,2-4H3. The number of ether oxygens (including phenoxy) is 3. The van der Waals surface area contributed by atoms with Crippen molar-refractivity contribution >= 4 is 5.91 Å². The lowest BCUT2D eigenvalue weighted by Crippen LogP contribution is -2.49. The molecule has 136 valence electrons. The van der Waals surface area contributed by atoms with Crippen LogP contribution in [0.3, 0.4) is 0 Å². The van der Waals surface area contributed by atoms with Gasteiger partial charge in [-0.3, -0.25) is 9.69 Å². The summed E-state index contributed by atoms with van der Waals surface area (Å²) in [6, 6.07) is 3.64. The minimum Gasteiger partial charge on any atom is -0.493 e. The fourth-order valence-electron chi connectivity index (χ4n) is 2.97. The number of hydrogen-bond acceptors (Lipinski definition) is 5. The van der Waals surface area contributed by atoms with Crippen molar-refractivity contribution in [1.82, 2.24) is 9.80 Å². The average molecular weight is 346 g/mol. The molecule has 1 aliphatic rings. The van der Waals surface area contributed by atoms with E-state index < -0.39 is 0 Å². The number of piperazine rings is 1. The normalized spacial score (nSPS) is 14.7. The molecule has 0 N–H and O–H groups in total. The molecule has 0 atom stereocenters. The van der Waals surface area contributed by atoms with Gasteiger partial charge in [0.1, 0.15) is 0 Å². The van der Waals surface area contributed by atoms with Gasteiger partial charge in [-0.15, -0.1) is 12.3 Å². The van der Waals surface area contributed by atoms with Crippen LogP contribution in [0.4, 0.5) is 0 Å². The zero-order valence-corrected chi connectivity index (χ0v) is 15.2. The molecule has 0 aliphatic carbocycles. The monoisotopic (exact) mass is 346 g/mol. The van der Waals surface area contributed by atoms with E-state index in [0.29, 0.717) is 23.7 Å². The number of carbonyl (C=O) groups is 1. The molecule has 2 rings (SSSR count). The van der Waals surface area contributed by atoms with Gasteiger partial charge in [0.2, 0.25) is 11.7 Å². The fraction of sp³-hybridized carbons (Fsp3) is 0.526. The average Bonchev–Trinajstić information content (AvgIpc) is 2.65. The summed E-state index contributed by atoms with van der Waals surface area (Å²) in [5, 5.41) is 0. The van der Waals surface area contributed by atoms with Crippen molar-refractivity contribution in [2.24, 2.45) is 0 Å². The molecule has 0 saturated carbocycles. The Morgan fingerprint density at radius 2 is 1.68 bits per heavy atom. The molecule has 0 spiro atoms. The van der Waals surface area contributed by atoms with Crippen LogP contribution in [0.25, 0.3) is 0 Å². The zero-order valence-electron chi connectivity index (χ0n) is 15.2. The molecule has 1 fully saturated rings. The Hall–Kier alpha value is -2.39. The van der Waals surface area contributed by atoms with Crippen LogP contribution >= 0.6 is 0 Å². The number of benzene rings is 1. The van der Waals surface area contributed by atoms with Gasteiger partial charge in [0.25, 0.3) is 0 Å². The third-order valence-corrected chi connectivity index (χ3v) is 4.38. The van der Waals surface area contributed by atoms with E-state index in [1.165, 1.54) is 0 Å². The molecule has 25 heavy (non-hydrogen) atoms. The van der Waals surface area contributed by atoms with Crippen LogP contribution in [-0.4, -0.2) is 69.8 Å². The molecule has 6 nitrogen and oxygen atoms in total. The Kier molecular flexibility index (Phi) is 6.96. The SMILES string of the molecule is C#CCCN1CCN(C(=O)Cc2cc(OC)c(OC)c(OC)c2)CC1. The van der Waals surface area contributed by atoms with Crippen molar-refractivity contribution in [3.63, 3.8) is 0 Å². The maximum Gasteiger partial charge on any atom is 0.227 e. The molecule has 0 aromatic heterocycles. The number of terminal acetylenes is 1. The largest absolute Gasteiger partial charge is 0.493 e.